The Morgan fingerprint density at radius 3 is 2.42 bits per heavy atom. The number of halogens is 3. The molecular formula is C30H30F3N3O2. The molecule has 6 rings (SSSR count). The molecule has 198 valence electrons. The maximum Gasteiger partial charge on any atom is 0.416 e. The third kappa shape index (κ3) is 4.46. The Morgan fingerprint density at radius 2 is 1.68 bits per heavy atom. The number of benzene rings is 3. The van der Waals surface area contributed by atoms with E-state index in [-0.39, 0.29) is 11.9 Å². The van der Waals surface area contributed by atoms with Crippen molar-refractivity contribution in [2.24, 2.45) is 5.92 Å². The van der Waals surface area contributed by atoms with Gasteiger partial charge in [-0.3, -0.25) is 4.79 Å². The highest BCUT2D eigenvalue weighted by Crippen LogP contribution is 2.41. The van der Waals surface area contributed by atoms with Crippen molar-refractivity contribution in [3.63, 3.8) is 0 Å². The zero-order valence-corrected chi connectivity index (χ0v) is 21.2. The molecule has 0 bridgehead atoms. The molecule has 2 atom stereocenters. The minimum absolute atomic E-state index is 0.0224. The molecule has 3 heterocycles. The van der Waals surface area contributed by atoms with E-state index >= 15 is 0 Å². The molecule has 1 fully saturated rings. The monoisotopic (exact) mass is 521 g/mol. The number of anilines is 2. The summed E-state index contributed by atoms with van der Waals surface area (Å²) in [5.74, 6) is 0.365. The molecule has 0 N–H and O–H groups in total. The zero-order valence-electron chi connectivity index (χ0n) is 21.2. The van der Waals surface area contributed by atoms with E-state index in [4.69, 9.17) is 4.74 Å². The molecule has 0 aliphatic carbocycles. The normalized spacial score (nSPS) is 20.9. The quantitative estimate of drug-likeness (QED) is 0.477. The fraction of sp³-hybridized carbons (Fsp3) is 0.367. The molecule has 0 aromatic heterocycles. The van der Waals surface area contributed by atoms with Crippen molar-refractivity contribution in [2.75, 3.05) is 43.1 Å². The molecule has 0 saturated carbocycles. The molecular weight excluding hydrogens is 491 g/mol. The Hall–Kier alpha value is -3.68. The predicted molar refractivity (Wildman–Crippen MR) is 141 cm³/mol. The summed E-state index contributed by atoms with van der Waals surface area (Å²) in [5, 5.41) is 0. The number of hydrogen-bond donors (Lipinski definition) is 0. The number of alkyl halides is 3. The second-order valence-corrected chi connectivity index (χ2v) is 10.3. The number of rotatable bonds is 3. The Kier molecular flexibility index (Phi) is 6.20. The highest BCUT2D eigenvalue weighted by molar-refractivity contribution is 5.83. The molecule has 0 radical (unpaired) electrons. The number of ether oxygens (including phenoxy) is 1. The van der Waals surface area contributed by atoms with Crippen LogP contribution in [-0.2, 0) is 30.4 Å². The van der Waals surface area contributed by atoms with E-state index < -0.39 is 17.7 Å². The average Bonchev–Trinajstić information content (AvgIpc) is 2.95. The molecule has 3 aliphatic heterocycles. The van der Waals surface area contributed by atoms with Crippen LogP contribution < -0.4 is 14.5 Å². The molecule has 1 amide bonds. The van der Waals surface area contributed by atoms with Crippen LogP contribution in [0.3, 0.4) is 0 Å². The highest BCUT2D eigenvalue weighted by Gasteiger charge is 2.44. The van der Waals surface area contributed by atoms with Crippen LogP contribution in [0.4, 0.5) is 24.5 Å². The van der Waals surface area contributed by atoms with Crippen LogP contribution in [0.25, 0.3) is 0 Å². The van der Waals surface area contributed by atoms with Crippen molar-refractivity contribution < 1.29 is 22.7 Å². The predicted octanol–water partition coefficient (Wildman–Crippen LogP) is 5.17. The van der Waals surface area contributed by atoms with Crippen LogP contribution in [0.5, 0.6) is 5.75 Å². The maximum atomic E-state index is 14.1. The van der Waals surface area contributed by atoms with Gasteiger partial charge in [0.2, 0.25) is 5.91 Å². The summed E-state index contributed by atoms with van der Waals surface area (Å²) in [6.45, 7) is 3.11. The van der Waals surface area contributed by atoms with Gasteiger partial charge >= 0.3 is 6.18 Å². The van der Waals surface area contributed by atoms with E-state index in [2.05, 4.69) is 21.9 Å². The second-order valence-electron chi connectivity index (χ2n) is 10.3. The molecule has 5 nitrogen and oxygen atoms in total. The van der Waals surface area contributed by atoms with Crippen LogP contribution in [0.1, 0.15) is 22.3 Å². The largest absolute Gasteiger partial charge is 0.497 e. The van der Waals surface area contributed by atoms with Gasteiger partial charge in [0.15, 0.2) is 0 Å². The average molecular weight is 522 g/mol. The first-order valence-corrected chi connectivity index (χ1v) is 13.0. The summed E-state index contributed by atoms with van der Waals surface area (Å²) < 4.78 is 46.0. The molecule has 2 unspecified atom stereocenters. The van der Waals surface area contributed by atoms with Crippen LogP contribution in [0.2, 0.25) is 0 Å². The van der Waals surface area contributed by atoms with Crippen molar-refractivity contribution in [3.8, 4) is 5.75 Å². The number of fused-ring (bicyclic) bond motifs is 4. The standard InChI is InChI=1S/C30H30F3N3O2/c1-38-25-9-7-24(8-10-25)34-14-15-36-27-11-6-23(30(31,32)33)16-22(27)17-26(28(36)19-34)29(37)35-13-12-20-4-2-3-5-21(20)18-35/h2-11,16,26,28H,12-15,17-19H2,1H3. The lowest BCUT2D eigenvalue weighted by Gasteiger charge is -2.50. The van der Waals surface area contributed by atoms with Crippen molar-refractivity contribution >= 4 is 17.3 Å². The number of amides is 1. The molecule has 38 heavy (non-hydrogen) atoms. The van der Waals surface area contributed by atoms with Crippen molar-refractivity contribution in [2.45, 2.75) is 31.6 Å². The molecule has 3 aromatic rings. The minimum Gasteiger partial charge on any atom is -0.497 e. The Balaban J connectivity index is 1.33. The highest BCUT2D eigenvalue weighted by atomic mass is 19.4. The number of methoxy groups -OCH3 is 1. The first-order valence-electron chi connectivity index (χ1n) is 13.0. The van der Waals surface area contributed by atoms with Gasteiger partial charge in [-0.15, -0.1) is 0 Å². The lowest BCUT2D eigenvalue weighted by Crippen LogP contribution is -2.61. The van der Waals surface area contributed by atoms with E-state index in [9.17, 15) is 18.0 Å². The first-order chi connectivity index (χ1) is 18.3. The van der Waals surface area contributed by atoms with Gasteiger partial charge in [-0.1, -0.05) is 24.3 Å². The number of carbonyl (C=O) groups is 1. The van der Waals surface area contributed by atoms with Gasteiger partial charge in [0, 0.05) is 44.1 Å². The van der Waals surface area contributed by atoms with Crippen LogP contribution in [0.15, 0.2) is 66.7 Å². The van der Waals surface area contributed by atoms with Crippen molar-refractivity contribution in [1.82, 2.24) is 4.90 Å². The van der Waals surface area contributed by atoms with Crippen LogP contribution >= 0.6 is 0 Å². The fourth-order valence-corrected chi connectivity index (χ4v) is 6.23. The van der Waals surface area contributed by atoms with Crippen molar-refractivity contribution in [3.05, 3.63) is 89.0 Å². The van der Waals surface area contributed by atoms with E-state index in [1.54, 1.807) is 13.2 Å². The topological polar surface area (TPSA) is 36.0 Å². The molecule has 1 saturated heterocycles. The van der Waals surface area contributed by atoms with E-state index in [1.165, 1.54) is 11.6 Å². The van der Waals surface area contributed by atoms with E-state index in [0.717, 1.165) is 35.2 Å². The number of piperazine rings is 1. The van der Waals surface area contributed by atoms with Gasteiger partial charge in [0.05, 0.1) is 24.6 Å². The van der Waals surface area contributed by atoms with Crippen molar-refractivity contribution in [1.29, 1.82) is 0 Å². The summed E-state index contributed by atoms with van der Waals surface area (Å²) in [7, 11) is 1.63. The van der Waals surface area contributed by atoms with Gasteiger partial charge in [0.1, 0.15) is 5.75 Å². The fourth-order valence-electron chi connectivity index (χ4n) is 6.23. The zero-order chi connectivity index (χ0) is 26.4. The minimum atomic E-state index is -4.42. The van der Waals surface area contributed by atoms with E-state index in [1.807, 2.05) is 41.3 Å². The van der Waals surface area contributed by atoms with Gasteiger partial charge in [-0.25, -0.2) is 0 Å². The summed E-state index contributed by atoms with van der Waals surface area (Å²) in [4.78, 5) is 20.4. The number of hydrogen-bond acceptors (Lipinski definition) is 4. The lowest BCUT2D eigenvalue weighted by atomic mass is 9.82. The second kappa shape index (κ2) is 9.57. The third-order valence-corrected chi connectivity index (χ3v) is 8.24. The molecule has 8 heteroatoms. The smallest absolute Gasteiger partial charge is 0.416 e. The van der Waals surface area contributed by atoms with Crippen LogP contribution in [0, 0.1) is 5.92 Å². The molecule has 3 aliphatic rings. The van der Waals surface area contributed by atoms with E-state index in [0.29, 0.717) is 44.7 Å². The third-order valence-electron chi connectivity index (χ3n) is 8.24. The summed E-state index contributed by atoms with van der Waals surface area (Å²) in [6, 6.07) is 19.9. The van der Waals surface area contributed by atoms with Crippen LogP contribution in [-0.4, -0.2) is 50.1 Å². The van der Waals surface area contributed by atoms with Gasteiger partial charge < -0.3 is 19.4 Å². The molecule has 3 aromatic carbocycles. The first kappa shape index (κ1) is 24.6. The summed E-state index contributed by atoms with van der Waals surface area (Å²) in [5.41, 5.74) is 4.19. The summed E-state index contributed by atoms with van der Waals surface area (Å²) >= 11 is 0. The Morgan fingerprint density at radius 1 is 0.921 bits per heavy atom. The van der Waals surface area contributed by atoms with Gasteiger partial charge in [-0.05, 0) is 72.0 Å². The lowest BCUT2D eigenvalue weighted by molar-refractivity contribution is -0.137. The SMILES string of the molecule is COc1ccc(N2CCN3c4ccc(C(F)(F)F)cc4CC(C(=O)N4CCc5ccccc5C4)C3C2)cc1. The number of nitrogens with zero attached hydrogens (tertiary/aromatic N) is 3. The molecule has 0 spiro atoms. The summed E-state index contributed by atoms with van der Waals surface area (Å²) in [6.07, 6.45) is -3.33. The van der Waals surface area contributed by atoms with Gasteiger partial charge in [0.25, 0.3) is 0 Å². The number of carbonyl (C=O) groups excluding carboxylic acids is 1. The Labute approximate surface area is 220 Å². The maximum absolute atomic E-state index is 14.1. The van der Waals surface area contributed by atoms with Gasteiger partial charge in [-0.2, -0.15) is 13.2 Å². The Bertz CT molecular complexity index is 1340.